The molecule has 0 unspecified atom stereocenters. The minimum Gasteiger partial charge on any atom is -0.296 e. The van der Waals surface area contributed by atoms with Crippen LogP contribution >= 0.6 is 11.3 Å². The van der Waals surface area contributed by atoms with Crippen LogP contribution in [0, 0.1) is 0 Å². The molecule has 12 heavy (non-hydrogen) atoms. The molecule has 64 valence electrons. The van der Waals surface area contributed by atoms with Gasteiger partial charge in [0.05, 0.1) is 0 Å². The van der Waals surface area contributed by atoms with Crippen LogP contribution in [0.1, 0.15) is 23.3 Å². The van der Waals surface area contributed by atoms with Crippen molar-refractivity contribution in [3.8, 4) is 0 Å². The Morgan fingerprint density at radius 1 is 1.50 bits per heavy atom. The van der Waals surface area contributed by atoms with Crippen LogP contribution in [0.2, 0.25) is 0 Å². The second-order valence-electron chi connectivity index (χ2n) is 3.84. The summed E-state index contributed by atoms with van der Waals surface area (Å²) < 4.78 is 0. The third-order valence-corrected chi connectivity index (χ3v) is 4.12. The molecule has 1 saturated heterocycles. The number of fused-ring (bicyclic) bond motifs is 2. The molecule has 2 aliphatic rings. The highest BCUT2D eigenvalue weighted by Gasteiger charge is 2.29. The third kappa shape index (κ3) is 0.947. The molecule has 0 N–H and O–H groups in total. The molecule has 0 radical (unpaired) electrons. The van der Waals surface area contributed by atoms with E-state index in [0.29, 0.717) is 0 Å². The zero-order chi connectivity index (χ0) is 7.97. The van der Waals surface area contributed by atoms with Crippen LogP contribution in [0.3, 0.4) is 0 Å². The standard InChI is InChI=1S/C10H13NS/c1-2-9-6-10-8(3-5-12-10)7-11(9)4-1/h3,5,9H,1-2,4,6-7H2/t9-/m0/s1. The maximum atomic E-state index is 2.65. The second-order valence-corrected chi connectivity index (χ2v) is 4.84. The highest BCUT2D eigenvalue weighted by atomic mass is 32.1. The van der Waals surface area contributed by atoms with E-state index in [2.05, 4.69) is 16.3 Å². The first kappa shape index (κ1) is 7.10. The van der Waals surface area contributed by atoms with Crippen LogP contribution in [-0.2, 0) is 13.0 Å². The molecule has 3 rings (SSSR count). The lowest BCUT2D eigenvalue weighted by Crippen LogP contribution is -2.34. The molecule has 1 fully saturated rings. The minimum atomic E-state index is 0.885. The minimum absolute atomic E-state index is 0.885. The zero-order valence-corrected chi connectivity index (χ0v) is 7.94. The average Bonchev–Trinajstić information content (AvgIpc) is 2.64. The van der Waals surface area contributed by atoms with Gasteiger partial charge in [-0.3, -0.25) is 4.90 Å². The van der Waals surface area contributed by atoms with Crippen molar-refractivity contribution >= 4 is 11.3 Å². The van der Waals surface area contributed by atoms with Crippen LogP contribution < -0.4 is 0 Å². The average molecular weight is 179 g/mol. The molecule has 1 atom stereocenters. The summed E-state index contributed by atoms with van der Waals surface area (Å²) >= 11 is 1.95. The van der Waals surface area contributed by atoms with Crippen LogP contribution in [0.25, 0.3) is 0 Å². The summed E-state index contributed by atoms with van der Waals surface area (Å²) in [5.74, 6) is 0. The molecule has 0 spiro atoms. The van der Waals surface area contributed by atoms with Crippen LogP contribution in [-0.4, -0.2) is 17.5 Å². The fourth-order valence-electron chi connectivity index (χ4n) is 2.45. The van der Waals surface area contributed by atoms with Crippen molar-refractivity contribution in [3.05, 3.63) is 21.9 Å². The quantitative estimate of drug-likeness (QED) is 0.590. The van der Waals surface area contributed by atoms with Gasteiger partial charge in [-0.05, 0) is 42.8 Å². The SMILES string of the molecule is c1cc2c(s1)C[C@@H]1CCCN1C2. The van der Waals surface area contributed by atoms with Crippen molar-refractivity contribution in [2.45, 2.75) is 31.8 Å². The Morgan fingerprint density at radius 3 is 3.50 bits per heavy atom. The molecular formula is C10H13NS. The summed E-state index contributed by atoms with van der Waals surface area (Å²) in [6.45, 7) is 2.56. The van der Waals surface area contributed by atoms with E-state index in [9.17, 15) is 0 Å². The summed E-state index contributed by atoms with van der Waals surface area (Å²) in [4.78, 5) is 4.30. The second kappa shape index (κ2) is 2.57. The van der Waals surface area contributed by atoms with Crippen molar-refractivity contribution in [2.24, 2.45) is 0 Å². The van der Waals surface area contributed by atoms with Crippen molar-refractivity contribution in [3.63, 3.8) is 0 Å². The first-order chi connectivity index (χ1) is 5.93. The maximum Gasteiger partial charge on any atom is 0.0247 e. The Kier molecular flexibility index (Phi) is 1.52. The lowest BCUT2D eigenvalue weighted by Gasteiger charge is -2.29. The molecule has 1 aromatic heterocycles. The van der Waals surface area contributed by atoms with E-state index < -0.39 is 0 Å². The lowest BCUT2D eigenvalue weighted by molar-refractivity contribution is 0.230. The lowest BCUT2D eigenvalue weighted by atomic mass is 10.0. The fourth-order valence-corrected chi connectivity index (χ4v) is 3.42. The van der Waals surface area contributed by atoms with Gasteiger partial charge in [0, 0.05) is 17.5 Å². The maximum absolute atomic E-state index is 2.65. The number of nitrogens with zero attached hydrogens (tertiary/aromatic N) is 1. The van der Waals surface area contributed by atoms with Gasteiger partial charge in [0.15, 0.2) is 0 Å². The summed E-state index contributed by atoms with van der Waals surface area (Å²) in [5.41, 5.74) is 1.60. The summed E-state index contributed by atoms with van der Waals surface area (Å²) in [6, 6.07) is 3.19. The van der Waals surface area contributed by atoms with Gasteiger partial charge in [-0.15, -0.1) is 11.3 Å². The van der Waals surface area contributed by atoms with Gasteiger partial charge in [-0.2, -0.15) is 0 Å². The van der Waals surface area contributed by atoms with Gasteiger partial charge < -0.3 is 0 Å². The molecule has 0 bridgehead atoms. The van der Waals surface area contributed by atoms with Crippen LogP contribution in [0.15, 0.2) is 11.4 Å². The first-order valence-electron chi connectivity index (χ1n) is 4.73. The molecule has 1 aromatic rings. The van der Waals surface area contributed by atoms with Gasteiger partial charge in [0.2, 0.25) is 0 Å². The molecular weight excluding hydrogens is 166 g/mol. The summed E-state index contributed by atoms with van der Waals surface area (Å²) in [7, 11) is 0. The fraction of sp³-hybridized carbons (Fsp3) is 0.600. The van der Waals surface area contributed by atoms with Crippen molar-refractivity contribution in [2.75, 3.05) is 6.54 Å². The highest BCUT2D eigenvalue weighted by molar-refractivity contribution is 7.10. The molecule has 0 aliphatic carbocycles. The Hall–Kier alpha value is -0.340. The van der Waals surface area contributed by atoms with E-state index in [0.717, 1.165) is 6.04 Å². The first-order valence-corrected chi connectivity index (χ1v) is 5.61. The van der Waals surface area contributed by atoms with Gasteiger partial charge in [-0.1, -0.05) is 0 Å². The highest BCUT2D eigenvalue weighted by Crippen LogP contribution is 2.32. The van der Waals surface area contributed by atoms with Gasteiger partial charge in [0.25, 0.3) is 0 Å². The van der Waals surface area contributed by atoms with Crippen molar-refractivity contribution < 1.29 is 0 Å². The van der Waals surface area contributed by atoms with Gasteiger partial charge in [-0.25, -0.2) is 0 Å². The molecule has 0 amide bonds. The predicted molar refractivity (Wildman–Crippen MR) is 51.5 cm³/mol. The molecule has 1 nitrogen and oxygen atoms in total. The smallest absolute Gasteiger partial charge is 0.0247 e. The summed E-state index contributed by atoms with van der Waals surface area (Å²) in [5, 5.41) is 2.24. The van der Waals surface area contributed by atoms with E-state index in [-0.39, 0.29) is 0 Å². The normalized spacial score (nSPS) is 28.5. The number of rotatable bonds is 0. The topological polar surface area (TPSA) is 3.24 Å². The summed E-state index contributed by atoms with van der Waals surface area (Å²) in [6.07, 6.45) is 4.17. The molecule has 2 aliphatic heterocycles. The predicted octanol–water partition coefficient (Wildman–Crippen LogP) is 2.27. The van der Waals surface area contributed by atoms with E-state index in [1.54, 1.807) is 10.4 Å². The molecule has 0 saturated carbocycles. The Morgan fingerprint density at radius 2 is 2.50 bits per heavy atom. The Balaban J connectivity index is 1.95. The van der Waals surface area contributed by atoms with E-state index in [1.165, 1.54) is 32.4 Å². The number of hydrogen-bond donors (Lipinski definition) is 0. The van der Waals surface area contributed by atoms with E-state index in [4.69, 9.17) is 0 Å². The van der Waals surface area contributed by atoms with Crippen molar-refractivity contribution in [1.29, 1.82) is 0 Å². The van der Waals surface area contributed by atoms with Crippen molar-refractivity contribution in [1.82, 2.24) is 4.90 Å². The zero-order valence-electron chi connectivity index (χ0n) is 7.12. The molecule has 0 aromatic carbocycles. The Labute approximate surface area is 77.0 Å². The van der Waals surface area contributed by atoms with Crippen LogP contribution in [0.5, 0.6) is 0 Å². The number of thiophene rings is 1. The monoisotopic (exact) mass is 179 g/mol. The Bertz CT molecular complexity index is 265. The van der Waals surface area contributed by atoms with E-state index in [1.807, 2.05) is 11.3 Å². The van der Waals surface area contributed by atoms with Crippen LogP contribution in [0.4, 0.5) is 0 Å². The third-order valence-electron chi connectivity index (χ3n) is 3.13. The van der Waals surface area contributed by atoms with Gasteiger partial charge in [0.1, 0.15) is 0 Å². The van der Waals surface area contributed by atoms with Gasteiger partial charge >= 0.3 is 0 Å². The number of hydrogen-bond acceptors (Lipinski definition) is 2. The molecule has 3 heterocycles. The molecule has 2 heteroatoms. The van der Waals surface area contributed by atoms with E-state index >= 15 is 0 Å². The largest absolute Gasteiger partial charge is 0.296 e.